The minimum atomic E-state index is -1.53. The van der Waals surface area contributed by atoms with Crippen LogP contribution in [-0.4, -0.2) is 6.54 Å². The number of fused-ring (bicyclic) bond motifs is 7. The molecule has 0 spiro atoms. The Kier molecular flexibility index (Phi) is 11.6. The molecule has 0 amide bonds. The maximum Gasteiger partial charge on any atom is 0.381 e. The van der Waals surface area contributed by atoms with Crippen LogP contribution >= 0.6 is 8.53 Å². The van der Waals surface area contributed by atoms with Gasteiger partial charge in [0.25, 0.3) is 0 Å². The molecule has 3 aromatic rings. The molecule has 2 aliphatic carbocycles. The molecule has 4 bridgehead atoms. The fourth-order valence-electron chi connectivity index (χ4n) is 11.4. The second-order valence-corrected chi connectivity index (χ2v) is 24.2. The van der Waals surface area contributed by atoms with E-state index >= 15 is 0 Å². The predicted octanol–water partition coefficient (Wildman–Crippen LogP) is 15.2. The molecule has 3 aromatic carbocycles. The van der Waals surface area contributed by atoms with Crippen LogP contribution in [0.5, 0.6) is 11.5 Å². The van der Waals surface area contributed by atoms with Crippen molar-refractivity contribution in [2.45, 2.75) is 202 Å². The van der Waals surface area contributed by atoms with E-state index in [0.717, 1.165) is 30.9 Å². The second kappa shape index (κ2) is 15.0. The maximum absolute atomic E-state index is 7.37. The van der Waals surface area contributed by atoms with Gasteiger partial charge in [-0.05, 0) is 128 Å². The summed E-state index contributed by atoms with van der Waals surface area (Å²) in [5, 5.41) is 4.07. The summed E-state index contributed by atoms with van der Waals surface area (Å²) in [6.07, 6.45) is 8.29. The highest BCUT2D eigenvalue weighted by atomic mass is 31.2. The number of hydrogen-bond donors (Lipinski definition) is 1. The van der Waals surface area contributed by atoms with Gasteiger partial charge in [0.15, 0.2) is 0 Å². The summed E-state index contributed by atoms with van der Waals surface area (Å²) in [5.41, 5.74) is 13.1. The molecular formula is C52H78NO2P. The fourth-order valence-corrected chi connectivity index (χ4v) is 12.7. The minimum absolute atomic E-state index is 0.0396. The van der Waals surface area contributed by atoms with Crippen LogP contribution < -0.4 is 14.1 Å². The van der Waals surface area contributed by atoms with Gasteiger partial charge < -0.3 is 9.05 Å². The molecule has 3 nitrogen and oxygen atoms in total. The lowest BCUT2D eigenvalue weighted by Crippen LogP contribution is -2.52. The monoisotopic (exact) mass is 780 g/mol. The molecule has 0 unspecified atom stereocenters. The zero-order valence-corrected chi connectivity index (χ0v) is 39.6. The molecule has 1 heterocycles. The standard InChI is InChI=1S/C52H78NO2P/c1-18-20-36-43-38(47(4,5)6)24-26-40(45(43)49(10,11)12)54-56(55-41-27-25-39(48(7,8)9)44(36)46(41)50(13,14)15)53-32-51(16)29-19-30-52(17)37-23-21-34(33(2)3)31-35(37)22-28-42(51)52/h21,23-27,31,33,36,42,53H,18-20,22,28-30,32H2,1-17H3/t36?,42-,51+,52+,56?/m0/s1. The van der Waals surface area contributed by atoms with E-state index < -0.39 is 8.53 Å². The Morgan fingerprint density at radius 2 is 1.27 bits per heavy atom. The van der Waals surface area contributed by atoms with Crippen LogP contribution in [0.1, 0.15) is 218 Å². The van der Waals surface area contributed by atoms with E-state index in [0.29, 0.717) is 11.8 Å². The average Bonchev–Trinajstić information content (AvgIpc) is 3.06. The van der Waals surface area contributed by atoms with Gasteiger partial charge in [0.1, 0.15) is 11.5 Å². The smallest absolute Gasteiger partial charge is 0.381 e. The molecule has 4 heteroatoms. The van der Waals surface area contributed by atoms with Crippen LogP contribution in [0.3, 0.4) is 0 Å². The van der Waals surface area contributed by atoms with E-state index in [1.54, 1.807) is 11.1 Å². The molecule has 56 heavy (non-hydrogen) atoms. The van der Waals surface area contributed by atoms with Crippen molar-refractivity contribution < 1.29 is 9.05 Å². The van der Waals surface area contributed by atoms with Crippen molar-refractivity contribution in [1.29, 1.82) is 0 Å². The summed E-state index contributed by atoms with van der Waals surface area (Å²) < 4.78 is 14.7. The van der Waals surface area contributed by atoms with Crippen LogP contribution in [-0.2, 0) is 33.5 Å². The third kappa shape index (κ3) is 8.01. The van der Waals surface area contributed by atoms with Crippen molar-refractivity contribution in [3.05, 3.63) is 92.5 Å². The molecule has 0 radical (unpaired) electrons. The van der Waals surface area contributed by atoms with Gasteiger partial charge in [-0.3, -0.25) is 0 Å². The predicted molar refractivity (Wildman–Crippen MR) is 242 cm³/mol. The molecule has 0 aromatic heterocycles. The number of aryl methyl sites for hydroxylation is 1. The Labute approximate surface area is 344 Å². The number of hydrogen-bond acceptors (Lipinski definition) is 3. The molecule has 1 fully saturated rings. The quantitative estimate of drug-likeness (QED) is 0.253. The van der Waals surface area contributed by atoms with Crippen molar-refractivity contribution in [3.8, 4) is 11.5 Å². The molecule has 3 atom stereocenters. The van der Waals surface area contributed by atoms with Crippen LogP contribution in [0.2, 0.25) is 0 Å². The highest BCUT2D eigenvalue weighted by molar-refractivity contribution is 7.45. The first kappa shape index (κ1) is 43.2. The third-order valence-corrected chi connectivity index (χ3v) is 15.1. The van der Waals surface area contributed by atoms with Gasteiger partial charge in [0, 0.05) is 23.6 Å². The molecule has 1 saturated carbocycles. The highest BCUT2D eigenvalue weighted by Gasteiger charge is 2.52. The third-order valence-electron chi connectivity index (χ3n) is 13.9. The normalized spacial score (nSPS) is 25.6. The Hall–Kier alpha value is -2.35. The van der Waals surface area contributed by atoms with Crippen molar-refractivity contribution in [2.24, 2.45) is 11.3 Å². The Morgan fingerprint density at radius 1 is 0.732 bits per heavy atom. The van der Waals surface area contributed by atoms with Gasteiger partial charge in [0.2, 0.25) is 0 Å². The fraction of sp³-hybridized carbons (Fsp3) is 0.654. The summed E-state index contributed by atoms with van der Waals surface area (Å²) >= 11 is 0. The first-order valence-electron chi connectivity index (χ1n) is 22.2. The highest BCUT2D eigenvalue weighted by Crippen LogP contribution is 2.59. The van der Waals surface area contributed by atoms with Crippen LogP contribution in [0, 0.1) is 11.3 Å². The summed E-state index contributed by atoms with van der Waals surface area (Å²) in [7, 11) is -1.53. The molecule has 1 aliphatic heterocycles. The molecular weight excluding hydrogens is 702 g/mol. The second-order valence-electron chi connectivity index (χ2n) is 23.0. The van der Waals surface area contributed by atoms with E-state index in [-0.39, 0.29) is 38.4 Å². The van der Waals surface area contributed by atoms with Gasteiger partial charge in [-0.25, -0.2) is 5.09 Å². The van der Waals surface area contributed by atoms with Crippen molar-refractivity contribution in [3.63, 3.8) is 0 Å². The molecule has 3 aliphatic rings. The van der Waals surface area contributed by atoms with Gasteiger partial charge in [-0.1, -0.05) is 161 Å². The number of rotatable bonds is 6. The Balaban J connectivity index is 1.52. The molecule has 0 saturated heterocycles. The van der Waals surface area contributed by atoms with Crippen molar-refractivity contribution in [1.82, 2.24) is 5.09 Å². The SMILES string of the molecule is CCCC1c2c(C(C)(C)C)ccc(c2C(C)(C)C)OP(NC[C@@]2(C)CCC[C@]3(C)c4ccc(C(C)C)cc4CC[C@@H]23)Oc2ccc(C(C)(C)C)c1c2C(C)(C)C. The van der Waals surface area contributed by atoms with Crippen molar-refractivity contribution in [2.75, 3.05) is 6.54 Å². The molecule has 1 N–H and O–H groups in total. The largest absolute Gasteiger partial charge is 0.427 e. The summed E-state index contributed by atoms with van der Waals surface area (Å²) in [6, 6.07) is 16.8. The number of nitrogens with one attached hydrogen (secondary N) is 1. The molecule has 308 valence electrons. The van der Waals surface area contributed by atoms with Crippen LogP contribution in [0.4, 0.5) is 0 Å². The van der Waals surface area contributed by atoms with Gasteiger partial charge in [-0.15, -0.1) is 0 Å². The lowest BCUT2D eigenvalue weighted by molar-refractivity contribution is 0.0294. The molecule has 6 rings (SSSR count). The first-order chi connectivity index (χ1) is 25.8. The van der Waals surface area contributed by atoms with Crippen molar-refractivity contribution >= 4 is 8.53 Å². The van der Waals surface area contributed by atoms with E-state index in [9.17, 15) is 0 Å². The lowest BCUT2D eigenvalue weighted by atomic mass is 9.50. The first-order valence-corrected chi connectivity index (χ1v) is 23.4. The summed E-state index contributed by atoms with van der Waals surface area (Å²) in [6.45, 7) is 41.7. The van der Waals surface area contributed by atoms with E-state index in [1.807, 2.05) is 0 Å². The summed E-state index contributed by atoms with van der Waals surface area (Å²) in [5.74, 6) is 3.31. The van der Waals surface area contributed by atoms with Gasteiger partial charge in [0.05, 0.1) is 0 Å². The Morgan fingerprint density at radius 3 is 1.73 bits per heavy atom. The zero-order chi connectivity index (χ0) is 41.4. The van der Waals surface area contributed by atoms with Gasteiger partial charge in [-0.2, -0.15) is 0 Å². The average molecular weight is 780 g/mol. The maximum atomic E-state index is 7.37. The zero-order valence-electron chi connectivity index (χ0n) is 38.7. The van der Waals surface area contributed by atoms with Crippen LogP contribution in [0.25, 0.3) is 0 Å². The Bertz CT molecular complexity index is 1830. The topological polar surface area (TPSA) is 30.5 Å². The van der Waals surface area contributed by atoms with Crippen LogP contribution in [0.15, 0.2) is 42.5 Å². The van der Waals surface area contributed by atoms with Gasteiger partial charge >= 0.3 is 8.53 Å². The number of benzene rings is 3. The van der Waals surface area contributed by atoms with E-state index in [1.165, 1.54) is 71.0 Å². The minimum Gasteiger partial charge on any atom is -0.427 e. The van der Waals surface area contributed by atoms with E-state index in [2.05, 4.69) is 165 Å². The summed E-state index contributed by atoms with van der Waals surface area (Å²) in [4.78, 5) is 0. The lowest BCUT2D eigenvalue weighted by Gasteiger charge is -2.55. The van der Waals surface area contributed by atoms with E-state index in [4.69, 9.17) is 9.05 Å².